The average molecular weight is 278 g/mol. The Bertz CT molecular complexity index is 298. The summed E-state index contributed by atoms with van der Waals surface area (Å²) in [5, 5.41) is 0. The Morgan fingerprint density at radius 1 is 0.700 bits per heavy atom. The van der Waals surface area contributed by atoms with E-state index in [9.17, 15) is 0 Å². The van der Waals surface area contributed by atoms with Gasteiger partial charge in [-0.2, -0.15) is 0 Å². The van der Waals surface area contributed by atoms with E-state index in [1.807, 2.05) is 30.3 Å². The molecule has 0 radical (unpaired) electrons. The second kappa shape index (κ2) is 13.0. The highest BCUT2D eigenvalue weighted by Gasteiger charge is 1.94. The van der Waals surface area contributed by atoms with E-state index in [0.29, 0.717) is 0 Å². The number of ether oxygens (including phenoxy) is 2. The van der Waals surface area contributed by atoms with Crippen LogP contribution in [0.2, 0.25) is 0 Å². The van der Waals surface area contributed by atoms with Crippen molar-refractivity contribution in [3.8, 4) is 5.75 Å². The van der Waals surface area contributed by atoms with Gasteiger partial charge in [-0.05, 0) is 31.4 Å². The second-order valence-corrected chi connectivity index (χ2v) is 5.25. The monoisotopic (exact) mass is 278 g/mol. The Hall–Kier alpha value is -1.02. The summed E-state index contributed by atoms with van der Waals surface area (Å²) in [6, 6.07) is 9.99. The number of benzene rings is 1. The minimum Gasteiger partial charge on any atom is -0.494 e. The van der Waals surface area contributed by atoms with Crippen LogP contribution >= 0.6 is 0 Å². The summed E-state index contributed by atoms with van der Waals surface area (Å²) in [4.78, 5) is 0. The molecular formula is C18H30O2. The Labute approximate surface area is 124 Å². The molecule has 0 aliphatic rings. The minimum absolute atomic E-state index is 0.782. The fraction of sp³-hybridized carbons (Fsp3) is 0.667. The molecule has 0 amide bonds. The molecular weight excluding hydrogens is 248 g/mol. The predicted molar refractivity (Wildman–Crippen MR) is 85.4 cm³/mol. The lowest BCUT2D eigenvalue weighted by molar-refractivity contribution is 0.122. The van der Waals surface area contributed by atoms with Gasteiger partial charge in [0.15, 0.2) is 0 Å². The molecule has 1 rings (SSSR count). The first kappa shape index (κ1) is 17.0. The smallest absolute Gasteiger partial charge is 0.119 e. The van der Waals surface area contributed by atoms with Crippen LogP contribution in [0.15, 0.2) is 30.3 Å². The molecule has 2 heteroatoms. The van der Waals surface area contributed by atoms with Gasteiger partial charge in [0, 0.05) is 13.2 Å². The molecule has 1 aromatic rings. The highest BCUT2D eigenvalue weighted by molar-refractivity contribution is 5.20. The molecule has 114 valence electrons. The van der Waals surface area contributed by atoms with Crippen LogP contribution in [-0.4, -0.2) is 19.8 Å². The van der Waals surface area contributed by atoms with E-state index >= 15 is 0 Å². The van der Waals surface area contributed by atoms with Crippen molar-refractivity contribution in [2.75, 3.05) is 19.8 Å². The molecule has 0 N–H and O–H groups in total. The lowest BCUT2D eigenvalue weighted by atomic mass is 10.1. The maximum Gasteiger partial charge on any atom is 0.119 e. The minimum atomic E-state index is 0.782. The van der Waals surface area contributed by atoms with E-state index in [2.05, 4.69) is 6.92 Å². The summed E-state index contributed by atoms with van der Waals surface area (Å²) in [6.45, 7) is 4.83. The zero-order valence-corrected chi connectivity index (χ0v) is 13.0. The Morgan fingerprint density at radius 3 is 2.05 bits per heavy atom. The third kappa shape index (κ3) is 9.85. The van der Waals surface area contributed by atoms with E-state index in [1.54, 1.807) is 0 Å². The molecule has 0 heterocycles. The van der Waals surface area contributed by atoms with Crippen LogP contribution in [0.1, 0.15) is 58.3 Å². The van der Waals surface area contributed by atoms with Crippen LogP contribution in [0, 0.1) is 0 Å². The van der Waals surface area contributed by atoms with E-state index in [4.69, 9.17) is 9.47 Å². The molecule has 0 atom stereocenters. The molecule has 0 aliphatic carbocycles. The molecule has 0 saturated heterocycles. The van der Waals surface area contributed by atoms with Gasteiger partial charge in [0.25, 0.3) is 0 Å². The quantitative estimate of drug-likeness (QED) is 0.460. The zero-order chi connectivity index (χ0) is 14.3. The zero-order valence-electron chi connectivity index (χ0n) is 13.0. The van der Waals surface area contributed by atoms with Crippen LogP contribution in [0.4, 0.5) is 0 Å². The Morgan fingerprint density at radius 2 is 1.30 bits per heavy atom. The standard InChI is InChI=1S/C18H30O2/c1-2-3-4-5-6-10-15-19-16-11-12-17-20-18-13-8-7-9-14-18/h7-9,13-14H,2-6,10-12,15-17H2,1H3. The maximum absolute atomic E-state index is 5.64. The molecule has 0 aliphatic heterocycles. The fourth-order valence-electron chi connectivity index (χ4n) is 2.10. The van der Waals surface area contributed by atoms with E-state index < -0.39 is 0 Å². The summed E-state index contributed by atoms with van der Waals surface area (Å²) in [5.41, 5.74) is 0. The largest absolute Gasteiger partial charge is 0.494 e. The summed E-state index contributed by atoms with van der Waals surface area (Å²) in [7, 11) is 0. The average Bonchev–Trinajstić information content (AvgIpc) is 2.49. The van der Waals surface area contributed by atoms with Gasteiger partial charge in [0.05, 0.1) is 6.61 Å². The second-order valence-electron chi connectivity index (χ2n) is 5.25. The van der Waals surface area contributed by atoms with Gasteiger partial charge in [0.2, 0.25) is 0 Å². The van der Waals surface area contributed by atoms with Gasteiger partial charge in [-0.1, -0.05) is 57.2 Å². The van der Waals surface area contributed by atoms with Crippen LogP contribution in [0.5, 0.6) is 5.75 Å². The van der Waals surface area contributed by atoms with E-state index in [-0.39, 0.29) is 0 Å². The van der Waals surface area contributed by atoms with Crippen molar-refractivity contribution in [3.63, 3.8) is 0 Å². The number of para-hydroxylation sites is 1. The molecule has 0 bridgehead atoms. The van der Waals surface area contributed by atoms with Crippen molar-refractivity contribution < 1.29 is 9.47 Å². The Kier molecular flexibility index (Phi) is 11.1. The van der Waals surface area contributed by atoms with Crippen LogP contribution in [0.25, 0.3) is 0 Å². The van der Waals surface area contributed by atoms with Gasteiger partial charge in [0.1, 0.15) is 5.75 Å². The van der Waals surface area contributed by atoms with Crippen LogP contribution < -0.4 is 4.74 Å². The van der Waals surface area contributed by atoms with E-state index in [1.165, 1.54) is 38.5 Å². The highest BCUT2D eigenvalue weighted by Crippen LogP contribution is 2.09. The van der Waals surface area contributed by atoms with Gasteiger partial charge >= 0.3 is 0 Å². The first-order valence-corrected chi connectivity index (χ1v) is 8.19. The highest BCUT2D eigenvalue weighted by atomic mass is 16.5. The molecule has 0 aromatic heterocycles. The number of hydrogen-bond acceptors (Lipinski definition) is 2. The number of unbranched alkanes of at least 4 members (excludes halogenated alkanes) is 6. The van der Waals surface area contributed by atoms with Gasteiger partial charge < -0.3 is 9.47 Å². The normalized spacial score (nSPS) is 10.7. The van der Waals surface area contributed by atoms with E-state index in [0.717, 1.165) is 38.4 Å². The topological polar surface area (TPSA) is 18.5 Å². The molecule has 0 saturated carbocycles. The van der Waals surface area contributed by atoms with Crippen molar-refractivity contribution in [2.24, 2.45) is 0 Å². The first-order chi connectivity index (χ1) is 9.93. The van der Waals surface area contributed by atoms with Gasteiger partial charge in [-0.25, -0.2) is 0 Å². The third-order valence-electron chi connectivity index (χ3n) is 3.34. The van der Waals surface area contributed by atoms with Gasteiger partial charge in [-0.15, -0.1) is 0 Å². The number of rotatable bonds is 13. The van der Waals surface area contributed by atoms with Crippen molar-refractivity contribution in [3.05, 3.63) is 30.3 Å². The Balaban J connectivity index is 1.77. The SMILES string of the molecule is CCCCCCCCOCCCCOc1ccccc1. The maximum atomic E-state index is 5.64. The summed E-state index contributed by atoms with van der Waals surface area (Å²) in [5.74, 6) is 0.959. The first-order valence-electron chi connectivity index (χ1n) is 8.19. The molecule has 0 unspecified atom stereocenters. The van der Waals surface area contributed by atoms with Crippen molar-refractivity contribution in [2.45, 2.75) is 58.3 Å². The molecule has 0 spiro atoms. The van der Waals surface area contributed by atoms with Crippen molar-refractivity contribution >= 4 is 0 Å². The van der Waals surface area contributed by atoms with Crippen molar-refractivity contribution in [1.82, 2.24) is 0 Å². The predicted octanol–water partition coefficient (Wildman–Crippen LogP) is 5.22. The lowest BCUT2D eigenvalue weighted by Crippen LogP contribution is -2.01. The van der Waals surface area contributed by atoms with Crippen molar-refractivity contribution in [1.29, 1.82) is 0 Å². The molecule has 0 fully saturated rings. The van der Waals surface area contributed by atoms with Crippen LogP contribution in [0.3, 0.4) is 0 Å². The summed E-state index contributed by atoms with van der Waals surface area (Å²) in [6.07, 6.45) is 10.1. The molecule has 2 nitrogen and oxygen atoms in total. The lowest BCUT2D eigenvalue weighted by Gasteiger charge is -2.06. The number of hydrogen-bond donors (Lipinski definition) is 0. The van der Waals surface area contributed by atoms with Crippen LogP contribution in [-0.2, 0) is 4.74 Å². The van der Waals surface area contributed by atoms with Gasteiger partial charge in [-0.3, -0.25) is 0 Å². The third-order valence-corrected chi connectivity index (χ3v) is 3.34. The fourth-order valence-corrected chi connectivity index (χ4v) is 2.10. The molecule has 20 heavy (non-hydrogen) atoms. The summed E-state index contributed by atoms with van der Waals surface area (Å²) >= 11 is 0. The molecule has 1 aromatic carbocycles. The summed E-state index contributed by atoms with van der Waals surface area (Å²) < 4.78 is 11.3.